The van der Waals surface area contributed by atoms with Gasteiger partial charge in [0.1, 0.15) is 11.0 Å². The predicted octanol–water partition coefficient (Wildman–Crippen LogP) is 3.38. The van der Waals surface area contributed by atoms with Crippen molar-refractivity contribution in [2.75, 3.05) is 11.1 Å². The lowest BCUT2D eigenvalue weighted by molar-refractivity contribution is -0.286. The van der Waals surface area contributed by atoms with Crippen molar-refractivity contribution in [1.29, 1.82) is 0 Å². The Labute approximate surface area is 117 Å². The highest BCUT2D eigenvalue weighted by Gasteiger charge is 2.43. The number of anilines is 3. The van der Waals surface area contributed by atoms with Gasteiger partial charge in [-0.2, -0.15) is 0 Å². The van der Waals surface area contributed by atoms with Crippen LogP contribution in [0.1, 0.15) is 0 Å². The largest absolute Gasteiger partial charge is 0.586 e. The third kappa shape index (κ3) is 2.53. The molecule has 0 radical (unpaired) electrons. The molecular weight excluding hydrogens is 292 g/mol. The SMILES string of the molecule is Nc1cc(Cl)nc(Nc2ccc3c(c2)OC(F)(F)O3)c1. The lowest BCUT2D eigenvalue weighted by Gasteiger charge is -2.07. The molecule has 0 saturated carbocycles. The molecule has 3 rings (SSSR count). The van der Waals surface area contributed by atoms with E-state index in [0.717, 1.165) is 0 Å². The van der Waals surface area contributed by atoms with Gasteiger partial charge < -0.3 is 20.5 Å². The first kappa shape index (κ1) is 12.7. The maximum Gasteiger partial charge on any atom is 0.586 e. The monoisotopic (exact) mass is 299 g/mol. The quantitative estimate of drug-likeness (QED) is 0.832. The summed E-state index contributed by atoms with van der Waals surface area (Å²) in [6.45, 7) is 0. The van der Waals surface area contributed by atoms with Crippen molar-refractivity contribution in [3.63, 3.8) is 0 Å². The van der Waals surface area contributed by atoms with Crippen LogP contribution in [0.3, 0.4) is 0 Å². The van der Waals surface area contributed by atoms with Crippen molar-refractivity contribution in [1.82, 2.24) is 4.98 Å². The number of aromatic nitrogens is 1. The van der Waals surface area contributed by atoms with E-state index in [0.29, 0.717) is 17.2 Å². The van der Waals surface area contributed by atoms with Crippen LogP contribution in [0.25, 0.3) is 0 Å². The van der Waals surface area contributed by atoms with E-state index in [1.807, 2.05) is 0 Å². The van der Waals surface area contributed by atoms with Crippen molar-refractivity contribution in [3.05, 3.63) is 35.5 Å². The van der Waals surface area contributed by atoms with Gasteiger partial charge in [0, 0.05) is 23.5 Å². The number of nitrogen functional groups attached to an aromatic ring is 1. The molecule has 0 saturated heterocycles. The summed E-state index contributed by atoms with van der Waals surface area (Å²) in [5.74, 6) is 0.301. The average molecular weight is 300 g/mol. The van der Waals surface area contributed by atoms with E-state index in [-0.39, 0.29) is 16.7 Å². The van der Waals surface area contributed by atoms with Gasteiger partial charge in [-0.25, -0.2) is 4.98 Å². The molecule has 1 aromatic carbocycles. The molecule has 1 aromatic heterocycles. The summed E-state index contributed by atoms with van der Waals surface area (Å²) in [5, 5.41) is 3.11. The van der Waals surface area contributed by atoms with Crippen LogP contribution >= 0.6 is 11.6 Å². The molecule has 3 N–H and O–H groups in total. The van der Waals surface area contributed by atoms with Crippen LogP contribution in [-0.2, 0) is 0 Å². The second-order valence-electron chi connectivity index (χ2n) is 4.06. The Morgan fingerprint density at radius 3 is 2.65 bits per heavy atom. The molecule has 0 aliphatic carbocycles. The third-order valence-electron chi connectivity index (χ3n) is 2.49. The van der Waals surface area contributed by atoms with E-state index in [9.17, 15) is 8.78 Å². The minimum absolute atomic E-state index is 0.0286. The third-order valence-corrected chi connectivity index (χ3v) is 2.68. The Kier molecular flexibility index (Phi) is 2.79. The second kappa shape index (κ2) is 4.38. The lowest BCUT2D eigenvalue weighted by atomic mass is 10.2. The highest BCUT2D eigenvalue weighted by molar-refractivity contribution is 6.29. The summed E-state index contributed by atoms with van der Waals surface area (Å²) in [5.41, 5.74) is 6.55. The smallest absolute Gasteiger partial charge is 0.399 e. The standard InChI is InChI=1S/C12H8ClF2N3O2/c13-10-3-6(16)4-11(18-10)17-7-1-2-8-9(5-7)20-12(14,15)19-8/h1-5H,(H3,16,17,18). The second-order valence-corrected chi connectivity index (χ2v) is 4.45. The van der Waals surface area contributed by atoms with E-state index >= 15 is 0 Å². The summed E-state index contributed by atoms with van der Waals surface area (Å²) >= 11 is 5.77. The zero-order valence-corrected chi connectivity index (χ0v) is 10.6. The van der Waals surface area contributed by atoms with Crippen molar-refractivity contribution in [3.8, 4) is 11.5 Å². The molecule has 0 amide bonds. The number of hydrogen-bond acceptors (Lipinski definition) is 5. The number of halogens is 3. The van der Waals surface area contributed by atoms with E-state index in [1.54, 1.807) is 12.1 Å². The van der Waals surface area contributed by atoms with E-state index in [4.69, 9.17) is 17.3 Å². The molecule has 0 atom stereocenters. The zero-order valence-electron chi connectivity index (χ0n) is 9.86. The molecule has 0 unspecified atom stereocenters. The first-order valence-electron chi connectivity index (χ1n) is 5.51. The zero-order chi connectivity index (χ0) is 14.3. The summed E-state index contributed by atoms with van der Waals surface area (Å²) in [6, 6.07) is 7.34. The summed E-state index contributed by atoms with van der Waals surface area (Å²) in [7, 11) is 0. The van der Waals surface area contributed by atoms with Crippen molar-refractivity contribution >= 4 is 28.8 Å². The Morgan fingerprint density at radius 2 is 1.90 bits per heavy atom. The molecule has 2 heterocycles. The molecule has 2 aromatic rings. The molecule has 104 valence electrons. The number of ether oxygens (including phenoxy) is 2. The summed E-state index contributed by atoms with van der Waals surface area (Å²) < 4.78 is 34.4. The van der Waals surface area contributed by atoms with Crippen molar-refractivity contribution in [2.24, 2.45) is 0 Å². The van der Waals surface area contributed by atoms with Crippen LogP contribution in [0.4, 0.5) is 26.0 Å². The van der Waals surface area contributed by atoms with Crippen LogP contribution in [0, 0.1) is 0 Å². The Morgan fingerprint density at radius 1 is 1.15 bits per heavy atom. The van der Waals surface area contributed by atoms with Gasteiger partial charge in [0.15, 0.2) is 11.5 Å². The van der Waals surface area contributed by atoms with Crippen LogP contribution < -0.4 is 20.5 Å². The number of nitrogens with two attached hydrogens (primary N) is 1. The van der Waals surface area contributed by atoms with Gasteiger partial charge in [-0.3, -0.25) is 0 Å². The summed E-state index contributed by atoms with van der Waals surface area (Å²) in [4.78, 5) is 4.01. The normalized spacial score (nSPS) is 15.2. The van der Waals surface area contributed by atoms with Gasteiger partial charge in [0.05, 0.1) is 0 Å². The van der Waals surface area contributed by atoms with E-state index in [2.05, 4.69) is 19.8 Å². The van der Waals surface area contributed by atoms with Gasteiger partial charge in [0.2, 0.25) is 0 Å². The number of benzene rings is 1. The number of nitrogens with zero attached hydrogens (tertiary/aromatic N) is 1. The van der Waals surface area contributed by atoms with E-state index in [1.165, 1.54) is 18.2 Å². The molecule has 1 aliphatic rings. The van der Waals surface area contributed by atoms with Gasteiger partial charge in [-0.15, -0.1) is 8.78 Å². The van der Waals surface area contributed by atoms with Crippen LogP contribution in [0.5, 0.6) is 11.5 Å². The highest BCUT2D eigenvalue weighted by atomic mass is 35.5. The Hall–Kier alpha value is -2.28. The van der Waals surface area contributed by atoms with Gasteiger partial charge in [0.25, 0.3) is 0 Å². The first-order valence-corrected chi connectivity index (χ1v) is 5.89. The molecule has 1 aliphatic heterocycles. The molecule has 0 spiro atoms. The van der Waals surface area contributed by atoms with Gasteiger partial charge >= 0.3 is 6.29 Å². The number of nitrogens with one attached hydrogen (secondary N) is 1. The molecule has 8 heteroatoms. The molecule has 0 fully saturated rings. The Bertz CT molecular complexity index is 661. The average Bonchev–Trinajstić information content (AvgIpc) is 2.60. The van der Waals surface area contributed by atoms with Crippen molar-refractivity contribution < 1.29 is 18.3 Å². The van der Waals surface area contributed by atoms with Gasteiger partial charge in [-0.05, 0) is 18.2 Å². The van der Waals surface area contributed by atoms with Crippen molar-refractivity contribution in [2.45, 2.75) is 6.29 Å². The maximum absolute atomic E-state index is 12.9. The fraction of sp³-hybridized carbons (Fsp3) is 0.0833. The number of rotatable bonds is 2. The Balaban J connectivity index is 1.86. The fourth-order valence-electron chi connectivity index (χ4n) is 1.76. The molecular formula is C12H8ClF2N3O2. The van der Waals surface area contributed by atoms with Crippen LogP contribution in [-0.4, -0.2) is 11.3 Å². The van der Waals surface area contributed by atoms with Crippen LogP contribution in [0.2, 0.25) is 5.15 Å². The topological polar surface area (TPSA) is 69.4 Å². The number of alkyl halides is 2. The van der Waals surface area contributed by atoms with Gasteiger partial charge in [-0.1, -0.05) is 11.6 Å². The first-order chi connectivity index (χ1) is 9.41. The fourth-order valence-corrected chi connectivity index (χ4v) is 1.97. The molecule has 0 bridgehead atoms. The highest BCUT2D eigenvalue weighted by Crippen LogP contribution is 2.42. The number of hydrogen-bond donors (Lipinski definition) is 2. The van der Waals surface area contributed by atoms with E-state index < -0.39 is 6.29 Å². The predicted molar refractivity (Wildman–Crippen MR) is 69.6 cm³/mol. The lowest BCUT2D eigenvalue weighted by Crippen LogP contribution is -2.25. The van der Waals surface area contributed by atoms with Crippen LogP contribution in [0.15, 0.2) is 30.3 Å². The number of fused-ring (bicyclic) bond motifs is 1. The minimum Gasteiger partial charge on any atom is -0.399 e. The maximum atomic E-state index is 12.9. The molecule has 5 nitrogen and oxygen atoms in total. The number of pyridine rings is 1. The summed E-state index contributed by atoms with van der Waals surface area (Å²) in [6.07, 6.45) is -3.64. The molecule has 20 heavy (non-hydrogen) atoms. The minimum atomic E-state index is -3.64.